The number of primary amides is 1. The number of carbonyl (C=O) groups is 2. The zero-order valence-corrected chi connectivity index (χ0v) is 12.2. The number of nitrogens with one attached hydrogen (secondary N) is 2. The lowest BCUT2D eigenvalue weighted by atomic mass is 10.1. The van der Waals surface area contributed by atoms with Crippen LogP contribution in [0.5, 0.6) is 0 Å². The fourth-order valence-electron chi connectivity index (χ4n) is 2.41. The van der Waals surface area contributed by atoms with Crippen LogP contribution in [0.25, 0.3) is 0 Å². The number of hydrogen-bond donors (Lipinski definition) is 3. The number of nitrogens with two attached hydrogens (primary N) is 1. The van der Waals surface area contributed by atoms with E-state index in [-0.39, 0.29) is 11.4 Å². The Morgan fingerprint density at radius 2 is 2.09 bits per heavy atom. The van der Waals surface area contributed by atoms with E-state index >= 15 is 0 Å². The first-order chi connectivity index (χ1) is 11.2. The predicted molar refractivity (Wildman–Crippen MR) is 80.1 cm³/mol. The summed E-state index contributed by atoms with van der Waals surface area (Å²) in [6.45, 7) is 2.42. The summed E-state index contributed by atoms with van der Waals surface area (Å²) in [7, 11) is 0. The number of hydrogen-bond acceptors (Lipinski definition) is 7. The Hall–Kier alpha value is -3.01. The number of aromatic nitrogens is 4. The second-order valence-corrected chi connectivity index (χ2v) is 4.85. The number of carbonyl (C=O) groups excluding carboxylic acids is 2. The first-order valence-corrected chi connectivity index (χ1v) is 6.97. The van der Waals surface area contributed by atoms with Gasteiger partial charge in [0, 0.05) is 13.1 Å². The van der Waals surface area contributed by atoms with Gasteiger partial charge < -0.3 is 20.7 Å². The summed E-state index contributed by atoms with van der Waals surface area (Å²) in [6.07, 6.45) is 0. The lowest BCUT2D eigenvalue weighted by molar-refractivity contribution is 0.0999. The predicted octanol–water partition coefficient (Wildman–Crippen LogP) is -0.613. The average molecular weight is 317 g/mol. The number of benzene rings is 1. The van der Waals surface area contributed by atoms with E-state index in [1.165, 1.54) is 0 Å². The van der Waals surface area contributed by atoms with Crippen LogP contribution in [0.1, 0.15) is 21.0 Å². The Labute approximate surface area is 131 Å². The summed E-state index contributed by atoms with van der Waals surface area (Å²) in [6, 6.07) is 5.13. The van der Waals surface area contributed by atoms with E-state index in [1.807, 2.05) is 4.90 Å². The van der Waals surface area contributed by atoms with Gasteiger partial charge in [0.05, 0.1) is 30.2 Å². The van der Waals surface area contributed by atoms with E-state index < -0.39 is 11.8 Å². The van der Waals surface area contributed by atoms with E-state index in [0.717, 1.165) is 0 Å². The highest BCUT2D eigenvalue weighted by Gasteiger charge is 2.22. The van der Waals surface area contributed by atoms with Crippen molar-refractivity contribution in [2.75, 3.05) is 36.5 Å². The van der Waals surface area contributed by atoms with Crippen molar-refractivity contribution in [3.63, 3.8) is 0 Å². The van der Waals surface area contributed by atoms with E-state index in [2.05, 4.69) is 25.9 Å². The van der Waals surface area contributed by atoms with Gasteiger partial charge >= 0.3 is 0 Å². The number of tetrazole rings is 1. The zero-order valence-electron chi connectivity index (χ0n) is 12.2. The third-order valence-electron chi connectivity index (χ3n) is 3.44. The van der Waals surface area contributed by atoms with Crippen LogP contribution in [-0.2, 0) is 4.74 Å². The highest BCUT2D eigenvalue weighted by molar-refractivity contribution is 6.10. The van der Waals surface area contributed by atoms with Crippen LogP contribution in [0.2, 0.25) is 0 Å². The lowest BCUT2D eigenvalue weighted by Crippen LogP contribution is -2.37. The minimum absolute atomic E-state index is 0.128. The molecule has 0 aliphatic carbocycles. The molecule has 4 N–H and O–H groups in total. The lowest BCUT2D eigenvalue weighted by Gasteiger charge is -2.30. The summed E-state index contributed by atoms with van der Waals surface area (Å²) in [4.78, 5) is 26.0. The first kappa shape index (κ1) is 14.9. The van der Waals surface area contributed by atoms with Gasteiger partial charge in [-0.1, -0.05) is 6.07 Å². The van der Waals surface area contributed by atoms with Crippen LogP contribution in [0, 0.1) is 0 Å². The number of amides is 2. The minimum Gasteiger partial charge on any atom is -0.378 e. The molecule has 0 bridgehead atoms. The van der Waals surface area contributed by atoms with Crippen molar-refractivity contribution in [3.8, 4) is 0 Å². The van der Waals surface area contributed by atoms with E-state index in [4.69, 9.17) is 10.5 Å². The van der Waals surface area contributed by atoms with Crippen molar-refractivity contribution in [3.05, 3.63) is 29.6 Å². The molecule has 3 rings (SSSR count). The van der Waals surface area contributed by atoms with Crippen molar-refractivity contribution in [1.82, 2.24) is 20.6 Å². The quantitative estimate of drug-likeness (QED) is 0.683. The molecule has 1 aromatic heterocycles. The number of ether oxygens (including phenoxy) is 1. The van der Waals surface area contributed by atoms with Crippen molar-refractivity contribution >= 4 is 23.2 Å². The number of H-pyrrole nitrogens is 1. The summed E-state index contributed by atoms with van der Waals surface area (Å²) < 4.78 is 5.31. The number of morpholine rings is 1. The van der Waals surface area contributed by atoms with Crippen LogP contribution in [0.3, 0.4) is 0 Å². The van der Waals surface area contributed by atoms with Gasteiger partial charge in [-0.3, -0.25) is 9.59 Å². The second-order valence-electron chi connectivity index (χ2n) is 4.85. The maximum atomic E-state index is 12.1. The number of aromatic amines is 1. The molecule has 10 nitrogen and oxygen atoms in total. The summed E-state index contributed by atoms with van der Waals surface area (Å²) >= 11 is 0. The topological polar surface area (TPSA) is 139 Å². The largest absolute Gasteiger partial charge is 0.378 e. The summed E-state index contributed by atoms with van der Waals surface area (Å²) in [5, 5.41) is 15.3. The molecule has 0 saturated carbocycles. The third kappa shape index (κ3) is 3.11. The molecule has 10 heteroatoms. The van der Waals surface area contributed by atoms with Crippen molar-refractivity contribution in [2.24, 2.45) is 5.73 Å². The number of rotatable bonds is 4. The molecule has 2 amide bonds. The Morgan fingerprint density at radius 1 is 1.30 bits per heavy atom. The highest BCUT2D eigenvalue weighted by atomic mass is 16.5. The molecule has 0 unspecified atom stereocenters. The molecule has 2 heterocycles. The molecule has 0 atom stereocenters. The average Bonchev–Trinajstić information content (AvgIpc) is 3.10. The van der Waals surface area contributed by atoms with Crippen LogP contribution >= 0.6 is 0 Å². The molecule has 0 radical (unpaired) electrons. The van der Waals surface area contributed by atoms with Gasteiger partial charge in [-0.05, 0) is 17.3 Å². The van der Waals surface area contributed by atoms with E-state index in [0.29, 0.717) is 37.7 Å². The second kappa shape index (κ2) is 6.40. The molecular formula is C13H15N7O3. The molecule has 2 aromatic rings. The van der Waals surface area contributed by atoms with Gasteiger partial charge in [0.15, 0.2) is 0 Å². The number of anilines is 2. The molecule has 1 fully saturated rings. The normalized spacial score (nSPS) is 14.5. The molecule has 1 aliphatic rings. The fourth-order valence-corrected chi connectivity index (χ4v) is 2.41. The first-order valence-electron chi connectivity index (χ1n) is 6.97. The summed E-state index contributed by atoms with van der Waals surface area (Å²) in [5.41, 5.74) is 6.72. The molecule has 23 heavy (non-hydrogen) atoms. The highest BCUT2D eigenvalue weighted by Crippen LogP contribution is 2.28. The molecule has 1 saturated heterocycles. The zero-order chi connectivity index (χ0) is 16.2. The molecule has 0 spiro atoms. The van der Waals surface area contributed by atoms with E-state index in [9.17, 15) is 9.59 Å². The minimum atomic E-state index is -0.629. The van der Waals surface area contributed by atoms with Gasteiger partial charge in [0.1, 0.15) is 0 Å². The van der Waals surface area contributed by atoms with Gasteiger partial charge in [0.25, 0.3) is 17.6 Å². The Balaban J connectivity index is 1.93. The summed E-state index contributed by atoms with van der Waals surface area (Å²) in [5.74, 6) is -1.34. The fraction of sp³-hybridized carbons (Fsp3) is 0.308. The van der Waals surface area contributed by atoms with E-state index in [1.54, 1.807) is 18.2 Å². The van der Waals surface area contributed by atoms with Crippen molar-refractivity contribution in [1.29, 1.82) is 0 Å². The Kier molecular flexibility index (Phi) is 4.15. The van der Waals surface area contributed by atoms with Crippen LogP contribution in [-0.4, -0.2) is 58.7 Å². The maximum Gasteiger partial charge on any atom is 0.297 e. The van der Waals surface area contributed by atoms with Gasteiger partial charge in [0.2, 0.25) is 0 Å². The van der Waals surface area contributed by atoms with Crippen molar-refractivity contribution < 1.29 is 14.3 Å². The van der Waals surface area contributed by atoms with Crippen LogP contribution in [0.15, 0.2) is 18.2 Å². The smallest absolute Gasteiger partial charge is 0.297 e. The number of nitrogens with zero attached hydrogens (tertiary/aromatic N) is 4. The molecule has 1 aliphatic heterocycles. The van der Waals surface area contributed by atoms with Gasteiger partial charge in [-0.25, -0.2) is 0 Å². The SMILES string of the molecule is NC(=O)c1c(NC(=O)c2nn[nH]n2)cccc1N1CCOCC1. The van der Waals surface area contributed by atoms with Gasteiger partial charge in [-0.15, -0.1) is 10.2 Å². The Bertz CT molecular complexity index is 710. The van der Waals surface area contributed by atoms with Gasteiger partial charge in [-0.2, -0.15) is 5.21 Å². The molecule has 1 aromatic carbocycles. The molecule has 120 valence electrons. The van der Waals surface area contributed by atoms with Crippen LogP contribution in [0.4, 0.5) is 11.4 Å². The maximum absolute atomic E-state index is 12.1. The third-order valence-corrected chi connectivity index (χ3v) is 3.44. The van der Waals surface area contributed by atoms with Crippen molar-refractivity contribution in [2.45, 2.75) is 0 Å². The monoisotopic (exact) mass is 317 g/mol. The van der Waals surface area contributed by atoms with Crippen LogP contribution < -0.4 is 16.0 Å². The standard InChI is InChI=1S/C13H15N7O3/c14-11(21)10-8(15-13(22)12-16-18-19-17-12)2-1-3-9(10)20-4-6-23-7-5-20/h1-3H,4-7H2,(H2,14,21)(H,15,22)(H,16,17,18,19). The Morgan fingerprint density at radius 3 is 2.74 bits per heavy atom. The molecular weight excluding hydrogens is 302 g/mol.